The topological polar surface area (TPSA) is 33.3 Å². The number of hydrogen-bond donors (Lipinski definition) is 2. The van der Waals surface area contributed by atoms with Crippen LogP contribution >= 0.6 is 0 Å². The van der Waals surface area contributed by atoms with Crippen LogP contribution in [0.25, 0.3) is 0 Å². The number of rotatable bonds is 8. The maximum absolute atomic E-state index is 4.94. The van der Waals surface area contributed by atoms with Crippen LogP contribution in [0.4, 0.5) is 0 Å². The molecule has 0 bridgehead atoms. The van der Waals surface area contributed by atoms with Crippen molar-refractivity contribution in [3.63, 3.8) is 0 Å². The molecule has 0 aliphatic rings. The molecule has 0 atom stereocenters. The Balaban J connectivity index is 2.99. The van der Waals surface area contributed by atoms with Gasteiger partial charge in [0.15, 0.2) is 0 Å². The highest BCUT2D eigenvalue weighted by atomic mass is 16.5. The monoisotopic (exact) mass is 202 g/mol. The molecular weight excluding hydrogens is 176 g/mol. The molecule has 0 aromatic heterocycles. The van der Waals surface area contributed by atoms with E-state index < -0.39 is 0 Å². The van der Waals surface area contributed by atoms with Gasteiger partial charge in [-0.15, -0.1) is 0 Å². The average Bonchev–Trinajstić information content (AvgIpc) is 2.08. The molecule has 3 nitrogen and oxygen atoms in total. The van der Waals surface area contributed by atoms with Crippen molar-refractivity contribution in [2.24, 2.45) is 5.41 Å². The molecule has 0 saturated carbocycles. The van der Waals surface area contributed by atoms with E-state index in [0.717, 1.165) is 32.8 Å². The molecule has 0 aliphatic carbocycles. The van der Waals surface area contributed by atoms with Crippen molar-refractivity contribution >= 4 is 0 Å². The maximum atomic E-state index is 4.94. The lowest BCUT2D eigenvalue weighted by Crippen LogP contribution is -2.30. The minimum absolute atomic E-state index is 0.392. The molecule has 3 heteroatoms. The molecule has 0 aromatic carbocycles. The molecule has 0 fully saturated rings. The molecule has 0 radical (unpaired) electrons. The lowest BCUT2D eigenvalue weighted by atomic mass is 9.97. The summed E-state index contributed by atoms with van der Waals surface area (Å²) in [5.41, 5.74) is 0.392. The van der Waals surface area contributed by atoms with Gasteiger partial charge in [0.2, 0.25) is 0 Å². The molecule has 2 N–H and O–H groups in total. The zero-order valence-electron chi connectivity index (χ0n) is 10.2. The van der Waals surface area contributed by atoms with Gasteiger partial charge in [-0.2, -0.15) is 0 Å². The second kappa shape index (κ2) is 8.21. The zero-order valence-corrected chi connectivity index (χ0v) is 10.2. The summed E-state index contributed by atoms with van der Waals surface area (Å²) in [6.45, 7) is 11.7. The van der Waals surface area contributed by atoms with Crippen molar-refractivity contribution in [2.75, 3.05) is 39.9 Å². The average molecular weight is 202 g/mol. The quantitative estimate of drug-likeness (QED) is 0.581. The number of nitrogens with one attached hydrogen (secondary N) is 2. The van der Waals surface area contributed by atoms with Gasteiger partial charge in [-0.25, -0.2) is 0 Å². The van der Waals surface area contributed by atoms with E-state index in [0.29, 0.717) is 5.41 Å². The fourth-order valence-corrected chi connectivity index (χ4v) is 1.10. The van der Waals surface area contributed by atoms with Gasteiger partial charge in [0, 0.05) is 13.7 Å². The third-order valence-corrected chi connectivity index (χ3v) is 1.85. The summed E-state index contributed by atoms with van der Waals surface area (Å²) in [5, 5.41) is 6.76. The van der Waals surface area contributed by atoms with E-state index in [9.17, 15) is 0 Å². The Bertz CT molecular complexity index is 121. The van der Waals surface area contributed by atoms with E-state index in [1.807, 2.05) is 0 Å². The van der Waals surface area contributed by atoms with Crippen molar-refractivity contribution in [1.82, 2.24) is 10.6 Å². The van der Waals surface area contributed by atoms with Crippen LogP contribution in [0, 0.1) is 5.41 Å². The van der Waals surface area contributed by atoms with E-state index in [-0.39, 0.29) is 0 Å². The van der Waals surface area contributed by atoms with Crippen LogP contribution in [-0.2, 0) is 4.74 Å². The molecule has 86 valence electrons. The van der Waals surface area contributed by atoms with E-state index in [1.165, 1.54) is 6.42 Å². The molecule has 0 rings (SSSR count). The number of ether oxygens (including phenoxy) is 1. The lowest BCUT2D eigenvalue weighted by Gasteiger charge is -2.18. The SMILES string of the molecule is COCCNCCCNCC(C)(C)C. The van der Waals surface area contributed by atoms with Crippen LogP contribution in [0.5, 0.6) is 0 Å². The molecule has 0 unspecified atom stereocenters. The first-order valence-electron chi connectivity index (χ1n) is 5.46. The molecule has 14 heavy (non-hydrogen) atoms. The highest BCUT2D eigenvalue weighted by Crippen LogP contribution is 2.09. The summed E-state index contributed by atoms with van der Waals surface area (Å²) in [6.07, 6.45) is 1.18. The van der Waals surface area contributed by atoms with Gasteiger partial charge in [-0.3, -0.25) is 0 Å². The normalized spacial score (nSPS) is 12.0. The fourth-order valence-electron chi connectivity index (χ4n) is 1.10. The summed E-state index contributed by atoms with van der Waals surface area (Å²) in [4.78, 5) is 0. The van der Waals surface area contributed by atoms with Crippen molar-refractivity contribution in [3.05, 3.63) is 0 Å². The summed E-state index contributed by atoms with van der Waals surface area (Å²) < 4.78 is 4.94. The first kappa shape index (κ1) is 13.9. The van der Waals surface area contributed by atoms with Crippen LogP contribution in [-0.4, -0.2) is 39.9 Å². The van der Waals surface area contributed by atoms with Crippen LogP contribution in [0.2, 0.25) is 0 Å². The van der Waals surface area contributed by atoms with Crippen LogP contribution in [0.3, 0.4) is 0 Å². The Hall–Kier alpha value is -0.120. The van der Waals surface area contributed by atoms with Gasteiger partial charge in [-0.05, 0) is 31.5 Å². The molecule has 0 spiro atoms. The van der Waals surface area contributed by atoms with E-state index in [1.54, 1.807) is 7.11 Å². The van der Waals surface area contributed by atoms with Crippen LogP contribution in [0.15, 0.2) is 0 Å². The predicted molar refractivity (Wildman–Crippen MR) is 61.7 cm³/mol. The van der Waals surface area contributed by atoms with Gasteiger partial charge in [0.1, 0.15) is 0 Å². The van der Waals surface area contributed by atoms with Crippen molar-refractivity contribution < 1.29 is 4.74 Å². The van der Waals surface area contributed by atoms with Crippen molar-refractivity contribution in [1.29, 1.82) is 0 Å². The standard InChI is InChI=1S/C11H26N2O/c1-11(2,3)10-13-7-5-6-12-8-9-14-4/h12-13H,5-10H2,1-4H3. The highest BCUT2D eigenvalue weighted by molar-refractivity contribution is 4.64. The highest BCUT2D eigenvalue weighted by Gasteiger charge is 2.07. The summed E-state index contributed by atoms with van der Waals surface area (Å²) in [6, 6.07) is 0. The van der Waals surface area contributed by atoms with Gasteiger partial charge in [0.05, 0.1) is 6.61 Å². The van der Waals surface area contributed by atoms with Gasteiger partial charge in [0.25, 0.3) is 0 Å². The molecule has 0 saturated heterocycles. The Labute approximate surface area is 88.6 Å². The molecule has 0 heterocycles. The van der Waals surface area contributed by atoms with E-state index in [2.05, 4.69) is 31.4 Å². The smallest absolute Gasteiger partial charge is 0.0587 e. The number of methoxy groups -OCH3 is 1. The van der Waals surface area contributed by atoms with Crippen molar-refractivity contribution in [2.45, 2.75) is 27.2 Å². The first-order valence-corrected chi connectivity index (χ1v) is 5.46. The molecular formula is C11H26N2O. The summed E-state index contributed by atoms with van der Waals surface area (Å²) in [5.74, 6) is 0. The lowest BCUT2D eigenvalue weighted by molar-refractivity contribution is 0.199. The summed E-state index contributed by atoms with van der Waals surface area (Å²) in [7, 11) is 1.73. The van der Waals surface area contributed by atoms with Gasteiger partial charge >= 0.3 is 0 Å². The molecule has 0 aromatic rings. The third kappa shape index (κ3) is 11.9. The first-order chi connectivity index (χ1) is 6.56. The largest absolute Gasteiger partial charge is 0.383 e. The fraction of sp³-hybridized carbons (Fsp3) is 1.00. The number of hydrogen-bond acceptors (Lipinski definition) is 3. The second-order valence-corrected chi connectivity index (χ2v) is 4.83. The Morgan fingerprint density at radius 3 is 2.21 bits per heavy atom. The minimum atomic E-state index is 0.392. The van der Waals surface area contributed by atoms with Gasteiger partial charge in [-0.1, -0.05) is 20.8 Å². The van der Waals surface area contributed by atoms with Crippen LogP contribution in [0.1, 0.15) is 27.2 Å². The Kier molecular flexibility index (Phi) is 8.14. The Morgan fingerprint density at radius 1 is 1.00 bits per heavy atom. The molecule has 0 aliphatic heterocycles. The van der Waals surface area contributed by atoms with Crippen molar-refractivity contribution in [3.8, 4) is 0 Å². The Morgan fingerprint density at radius 2 is 1.64 bits per heavy atom. The minimum Gasteiger partial charge on any atom is -0.383 e. The predicted octanol–water partition coefficient (Wildman–Crippen LogP) is 1.25. The van der Waals surface area contributed by atoms with Gasteiger partial charge < -0.3 is 15.4 Å². The van der Waals surface area contributed by atoms with E-state index in [4.69, 9.17) is 4.74 Å². The second-order valence-electron chi connectivity index (χ2n) is 4.83. The van der Waals surface area contributed by atoms with Crippen LogP contribution < -0.4 is 10.6 Å². The molecule has 0 amide bonds. The maximum Gasteiger partial charge on any atom is 0.0587 e. The van der Waals surface area contributed by atoms with E-state index >= 15 is 0 Å². The third-order valence-electron chi connectivity index (χ3n) is 1.85. The zero-order chi connectivity index (χ0) is 10.9. The summed E-state index contributed by atoms with van der Waals surface area (Å²) >= 11 is 0.